The molecule has 6 heteroatoms. The Labute approximate surface area is 130 Å². The van der Waals surface area contributed by atoms with Gasteiger partial charge in [0.2, 0.25) is 5.95 Å². The summed E-state index contributed by atoms with van der Waals surface area (Å²) in [6.07, 6.45) is 1.60. The molecule has 0 spiro atoms. The third-order valence-corrected chi connectivity index (χ3v) is 3.71. The van der Waals surface area contributed by atoms with Crippen molar-refractivity contribution in [2.75, 3.05) is 11.1 Å². The van der Waals surface area contributed by atoms with Crippen molar-refractivity contribution in [1.29, 1.82) is 0 Å². The van der Waals surface area contributed by atoms with Gasteiger partial charge >= 0.3 is 0 Å². The highest BCUT2D eigenvalue weighted by Gasteiger charge is 2.07. The van der Waals surface area contributed by atoms with Crippen LogP contribution in [0.4, 0.5) is 11.8 Å². The van der Waals surface area contributed by atoms with Crippen LogP contribution in [0.1, 0.15) is 5.56 Å². The molecule has 3 N–H and O–H groups in total. The molecule has 0 aliphatic heterocycles. The molecule has 21 heavy (non-hydrogen) atoms. The average Bonchev–Trinajstić information content (AvgIpc) is 3.00. The van der Waals surface area contributed by atoms with Crippen LogP contribution in [-0.2, 0) is 6.54 Å². The molecule has 0 amide bonds. The van der Waals surface area contributed by atoms with Crippen LogP contribution in [-0.4, -0.2) is 9.97 Å². The van der Waals surface area contributed by atoms with E-state index in [1.807, 2.05) is 42.5 Å². The summed E-state index contributed by atoms with van der Waals surface area (Å²) >= 11 is 3.52. The van der Waals surface area contributed by atoms with Gasteiger partial charge in [-0.1, -0.05) is 34.1 Å². The Hall–Kier alpha value is -2.34. The number of anilines is 2. The summed E-state index contributed by atoms with van der Waals surface area (Å²) in [6, 6.07) is 13.5. The van der Waals surface area contributed by atoms with Crippen LogP contribution in [0.25, 0.3) is 11.5 Å². The molecule has 1 aromatic carbocycles. The highest BCUT2D eigenvalue weighted by molar-refractivity contribution is 9.10. The van der Waals surface area contributed by atoms with E-state index in [1.165, 1.54) is 0 Å². The van der Waals surface area contributed by atoms with Crippen molar-refractivity contribution in [3.8, 4) is 11.5 Å². The minimum Gasteiger partial charge on any atom is -0.463 e. The molecule has 2 heterocycles. The zero-order valence-electron chi connectivity index (χ0n) is 11.1. The van der Waals surface area contributed by atoms with E-state index < -0.39 is 0 Å². The summed E-state index contributed by atoms with van der Waals surface area (Å²) in [5, 5.41) is 3.24. The Morgan fingerprint density at radius 3 is 2.76 bits per heavy atom. The molecule has 0 saturated heterocycles. The lowest BCUT2D eigenvalue weighted by atomic mass is 10.2. The molecule has 0 aliphatic rings. The molecule has 0 atom stereocenters. The van der Waals surface area contributed by atoms with Gasteiger partial charge in [0.25, 0.3) is 0 Å². The number of benzene rings is 1. The SMILES string of the molecule is Nc1nc(NCc2ccccc2Br)cc(-c2ccco2)n1. The van der Waals surface area contributed by atoms with Crippen molar-refractivity contribution in [1.82, 2.24) is 9.97 Å². The van der Waals surface area contributed by atoms with E-state index in [-0.39, 0.29) is 5.95 Å². The molecule has 3 rings (SSSR count). The maximum Gasteiger partial charge on any atom is 0.222 e. The van der Waals surface area contributed by atoms with Crippen molar-refractivity contribution in [3.63, 3.8) is 0 Å². The summed E-state index contributed by atoms with van der Waals surface area (Å²) in [4.78, 5) is 8.36. The third kappa shape index (κ3) is 3.22. The maximum atomic E-state index is 5.75. The summed E-state index contributed by atoms with van der Waals surface area (Å²) in [6.45, 7) is 0.634. The number of furan rings is 1. The molecule has 0 saturated carbocycles. The molecule has 5 nitrogen and oxygen atoms in total. The summed E-state index contributed by atoms with van der Waals surface area (Å²) in [5.41, 5.74) is 7.54. The van der Waals surface area contributed by atoms with Crippen molar-refractivity contribution in [2.24, 2.45) is 0 Å². The first-order valence-electron chi connectivity index (χ1n) is 6.38. The van der Waals surface area contributed by atoms with Crippen molar-refractivity contribution >= 4 is 27.7 Å². The Kier molecular flexibility index (Phi) is 3.87. The highest BCUT2D eigenvalue weighted by atomic mass is 79.9. The quantitative estimate of drug-likeness (QED) is 0.754. The van der Waals surface area contributed by atoms with Gasteiger partial charge in [-0.25, -0.2) is 4.98 Å². The Bertz CT molecular complexity index is 743. The van der Waals surface area contributed by atoms with Crippen LogP contribution in [0.2, 0.25) is 0 Å². The molecule has 0 bridgehead atoms. The number of nitrogens with one attached hydrogen (secondary N) is 1. The van der Waals surface area contributed by atoms with Gasteiger partial charge in [0.1, 0.15) is 11.5 Å². The van der Waals surface area contributed by atoms with Crippen LogP contribution >= 0.6 is 15.9 Å². The number of halogens is 1. The van der Waals surface area contributed by atoms with E-state index in [1.54, 1.807) is 6.26 Å². The Morgan fingerprint density at radius 2 is 2.00 bits per heavy atom. The number of nitrogens with two attached hydrogens (primary N) is 1. The van der Waals surface area contributed by atoms with Crippen molar-refractivity contribution in [2.45, 2.75) is 6.54 Å². The molecule has 3 aromatic rings. The standard InChI is InChI=1S/C15H13BrN4O/c16-11-5-2-1-4-10(11)9-18-14-8-12(19-15(17)20-14)13-6-3-7-21-13/h1-8H,9H2,(H3,17,18,19,20). The van der Waals surface area contributed by atoms with Crippen molar-refractivity contribution in [3.05, 3.63) is 58.8 Å². The zero-order valence-corrected chi connectivity index (χ0v) is 12.7. The van der Waals surface area contributed by atoms with E-state index in [0.717, 1.165) is 10.0 Å². The predicted octanol–water partition coefficient (Wildman–Crippen LogP) is 3.69. The Balaban J connectivity index is 1.81. The van der Waals surface area contributed by atoms with Crippen LogP contribution in [0.15, 0.2) is 57.6 Å². The summed E-state index contributed by atoms with van der Waals surface area (Å²) in [5.74, 6) is 1.52. The van der Waals surface area contributed by atoms with Gasteiger partial charge in [-0.15, -0.1) is 0 Å². The van der Waals surface area contributed by atoms with E-state index in [2.05, 4.69) is 31.2 Å². The first-order valence-corrected chi connectivity index (χ1v) is 7.17. The zero-order chi connectivity index (χ0) is 14.7. The smallest absolute Gasteiger partial charge is 0.222 e. The fourth-order valence-electron chi connectivity index (χ4n) is 1.93. The summed E-state index contributed by atoms with van der Waals surface area (Å²) in [7, 11) is 0. The molecule has 0 aliphatic carbocycles. The number of rotatable bonds is 4. The lowest BCUT2D eigenvalue weighted by Crippen LogP contribution is -2.05. The van der Waals surface area contributed by atoms with E-state index >= 15 is 0 Å². The molecule has 0 radical (unpaired) electrons. The lowest BCUT2D eigenvalue weighted by Gasteiger charge is -2.09. The van der Waals surface area contributed by atoms with E-state index in [9.17, 15) is 0 Å². The van der Waals surface area contributed by atoms with Gasteiger partial charge in [-0.3, -0.25) is 0 Å². The number of hydrogen-bond donors (Lipinski definition) is 2. The largest absolute Gasteiger partial charge is 0.463 e. The second kappa shape index (κ2) is 5.97. The first-order chi connectivity index (χ1) is 10.2. The first kappa shape index (κ1) is 13.6. The normalized spacial score (nSPS) is 10.5. The van der Waals surface area contributed by atoms with Crippen LogP contribution in [0.3, 0.4) is 0 Å². The van der Waals surface area contributed by atoms with Gasteiger partial charge in [-0.05, 0) is 23.8 Å². The van der Waals surface area contributed by atoms with Crippen molar-refractivity contribution < 1.29 is 4.42 Å². The topological polar surface area (TPSA) is 77.0 Å². The summed E-state index contributed by atoms with van der Waals surface area (Å²) < 4.78 is 6.38. The maximum absolute atomic E-state index is 5.75. The molecule has 0 fully saturated rings. The highest BCUT2D eigenvalue weighted by Crippen LogP contribution is 2.22. The Morgan fingerprint density at radius 1 is 1.14 bits per heavy atom. The molecule has 2 aromatic heterocycles. The molecular formula is C15H13BrN4O. The van der Waals surface area contributed by atoms with Crippen LogP contribution in [0, 0.1) is 0 Å². The number of nitrogens with zero attached hydrogens (tertiary/aromatic N) is 2. The lowest BCUT2D eigenvalue weighted by molar-refractivity contribution is 0.580. The fraction of sp³-hybridized carbons (Fsp3) is 0.0667. The van der Waals surface area contributed by atoms with Gasteiger partial charge in [0.05, 0.1) is 6.26 Å². The predicted molar refractivity (Wildman–Crippen MR) is 85.6 cm³/mol. The second-order valence-corrected chi connectivity index (χ2v) is 5.27. The van der Waals surface area contributed by atoms with Gasteiger partial charge in [0.15, 0.2) is 5.76 Å². The van der Waals surface area contributed by atoms with E-state index in [4.69, 9.17) is 10.2 Å². The number of hydrogen-bond acceptors (Lipinski definition) is 5. The fourth-order valence-corrected chi connectivity index (χ4v) is 2.36. The van der Waals surface area contributed by atoms with E-state index in [0.29, 0.717) is 23.8 Å². The average molecular weight is 345 g/mol. The van der Waals surface area contributed by atoms with Crippen LogP contribution < -0.4 is 11.1 Å². The molecular weight excluding hydrogens is 332 g/mol. The third-order valence-electron chi connectivity index (χ3n) is 2.93. The second-order valence-electron chi connectivity index (χ2n) is 4.42. The van der Waals surface area contributed by atoms with Crippen LogP contribution in [0.5, 0.6) is 0 Å². The number of aromatic nitrogens is 2. The monoisotopic (exact) mass is 344 g/mol. The van der Waals surface area contributed by atoms with Gasteiger partial charge in [0, 0.05) is 17.1 Å². The number of nitrogen functional groups attached to an aromatic ring is 1. The van der Waals surface area contributed by atoms with Gasteiger partial charge in [-0.2, -0.15) is 4.98 Å². The molecule has 106 valence electrons. The molecule has 0 unspecified atom stereocenters. The minimum atomic E-state index is 0.207. The van der Waals surface area contributed by atoms with Gasteiger partial charge < -0.3 is 15.5 Å². The minimum absolute atomic E-state index is 0.207.